The Kier molecular flexibility index (Phi) is 8.12. The first-order chi connectivity index (χ1) is 5.43. The number of aldehydes is 1. The fourth-order valence-corrected chi connectivity index (χ4v) is 1.34. The zero-order valence-electron chi connectivity index (χ0n) is 6.34. The second kappa shape index (κ2) is 6.70. The van der Waals surface area contributed by atoms with Crippen molar-refractivity contribution in [2.75, 3.05) is 7.11 Å². The van der Waals surface area contributed by atoms with Crippen molar-refractivity contribution in [1.82, 2.24) is 0 Å². The third-order valence-electron chi connectivity index (χ3n) is 1.20. The second-order valence-electron chi connectivity index (χ2n) is 2.03. The summed E-state index contributed by atoms with van der Waals surface area (Å²) in [5, 5.41) is 0. The van der Waals surface area contributed by atoms with E-state index in [0.29, 0.717) is 0 Å². The Morgan fingerprint density at radius 1 is 1.62 bits per heavy atom. The molecule has 0 aromatic rings. The van der Waals surface area contributed by atoms with Crippen LogP contribution in [0.25, 0.3) is 0 Å². The number of hydrogen-bond acceptors (Lipinski definition) is 4. The van der Waals surface area contributed by atoms with Crippen LogP contribution in [0.15, 0.2) is 0 Å². The molecule has 0 aromatic carbocycles. The molecule has 0 rings (SSSR count). The molecule has 0 saturated carbocycles. The van der Waals surface area contributed by atoms with Crippen molar-refractivity contribution in [3.05, 3.63) is 0 Å². The minimum atomic E-state index is -4.57. The van der Waals surface area contributed by atoms with E-state index in [4.69, 9.17) is 9.79 Å². The average Bonchev–Trinajstić information content (AvgIpc) is 1.96. The summed E-state index contributed by atoms with van der Waals surface area (Å²) in [4.78, 5) is 37.7. The molecule has 13 heavy (non-hydrogen) atoms. The van der Waals surface area contributed by atoms with Crippen LogP contribution in [0.5, 0.6) is 0 Å². The van der Waals surface area contributed by atoms with Crippen LogP contribution < -0.4 is 0 Å². The van der Waals surface area contributed by atoms with Gasteiger partial charge in [0.1, 0.15) is 6.29 Å². The summed E-state index contributed by atoms with van der Waals surface area (Å²) in [6.07, 6.45) is -0.266. The van der Waals surface area contributed by atoms with Gasteiger partial charge in [-0.3, -0.25) is 9.36 Å². The van der Waals surface area contributed by atoms with Gasteiger partial charge in [-0.2, -0.15) is 0 Å². The quantitative estimate of drug-likeness (QED) is 0.263. The van der Waals surface area contributed by atoms with Crippen molar-refractivity contribution < 1.29 is 28.7 Å². The molecule has 0 radical (unpaired) electrons. The topological polar surface area (TPSA) is 101 Å². The zero-order valence-corrected chi connectivity index (χ0v) is 7.23. The molecule has 8 heteroatoms. The van der Waals surface area contributed by atoms with Crippen molar-refractivity contribution >= 4 is 49.4 Å². The van der Waals surface area contributed by atoms with E-state index in [1.54, 1.807) is 0 Å². The van der Waals surface area contributed by atoms with E-state index in [9.17, 15) is 14.2 Å². The zero-order chi connectivity index (χ0) is 9.78. The van der Waals surface area contributed by atoms with Gasteiger partial charge in [0.2, 0.25) is 0 Å². The summed E-state index contributed by atoms with van der Waals surface area (Å²) in [7, 11) is -3.57. The van der Waals surface area contributed by atoms with Crippen molar-refractivity contribution in [3.63, 3.8) is 0 Å². The molecule has 0 saturated heterocycles. The Bertz CT molecular complexity index is 223. The SMILES string of the molecule is COC(=O)C(CC=O)P(=O)(O)O.[NaH]. The van der Waals surface area contributed by atoms with Crippen molar-refractivity contribution in [3.8, 4) is 0 Å². The van der Waals surface area contributed by atoms with E-state index < -0.39 is 25.6 Å². The molecule has 0 aliphatic heterocycles. The summed E-state index contributed by atoms with van der Waals surface area (Å²) in [5.41, 5.74) is -1.67. The predicted octanol–water partition coefficient (Wildman–Crippen LogP) is -1.35. The van der Waals surface area contributed by atoms with E-state index in [0.717, 1.165) is 7.11 Å². The van der Waals surface area contributed by atoms with Crippen LogP contribution >= 0.6 is 7.60 Å². The monoisotopic (exact) mass is 220 g/mol. The minimum absolute atomic E-state index is 0. The van der Waals surface area contributed by atoms with Gasteiger partial charge in [-0.15, -0.1) is 0 Å². The van der Waals surface area contributed by atoms with Gasteiger partial charge in [0.25, 0.3) is 0 Å². The summed E-state index contributed by atoms with van der Waals surface area (Å²) >= 11 is 0. The maximum atomic E-state index is 10.7. The van der Waals surface area contributed by atoms with Crippen molar-refractivity contribution in [1.29, 1.82) is 0 Å². The predicted molar refractivity (Wildman–Crippen MR) is 45.7 cm³/mol. The molecule has 0 heterocycles. The molecular formula is C5H10NaO6P. The first-order valence-electron chi connectivity index (χ1n) is 3.00. The summed E-state index contributed by atoms with van der Waals surface area (Å²) in [5.74, 6) is -1.07. The normalized spacial score (nSPS) is 12.5. The number of rotatable bonds is 4. The van der Waals surface area contributed by atoms with Crippen LogP contribution in [0.3, 0.4) is 0 Å². The number of hydrogen-bond donors (Lipinski definition) is 2. The van der Waals surface area contributed by atoms with Gasteiger partial charge in [-0.05, 0) is 0 Å². The molecule has 72 valence electrons. The third kappa shape index (κ3) is 5.57. The van der Waals surface area contributed by atoms with Gasteiger partial charge in [-0.25, -0.2) is 0 Å². The summed E-state index contributed by atoms with van der Waals surface area (Å²) in [6.45, 7) is 0. The molecule has 2 N–H and O–H groups in total. The Morgan fingerprint density at radius 2 is 2.08 bits per heavy atom. The molecule has 0 aromatic heterocycles. The van der Waals surface area contributed by atoms with Crippen LogP contribution in [0.4, 0.5) is 0 Å². The van der Waals surface area contributed by atoms with E-state index >= 15 is 0 Å². The van der Waals surface area contributed by atoms with Crippen LogP contribution in [0.2, 0.25) is 0 Å². The van der Waals surface area contributed by atoms with Gasteiger partial charge >= 0.3 is 43.1 Å². The number of ether oxygens (including phenoxy) is 1. The van der Waals surface area contributed by atoms with Gasteiger partial charge < -0.3 is 19.3 Å². The Hall–Kier alpha value is 0.290. The Labute approximate surface area is 97.1 Å². The van der Waals surface area contributed by atoms with Crippen molar-refractivity contribution in [2.45, 2.75) is 12.1 Å². The maximum absolute atomic E-state index is 10.7. The fourth-order valence-electron chi connectivity index (χ4n) is 0.598. The van der Waals surface area contributed by atoms with Gasteiger partial charge in [0, 0.05) is 6.42 Å². The van der Waals surface area contributed by atoms with Gasteiger partial charge in [-0.1, -0.05) is 0 Å². The van der Waals surface area contributed by atoms with E-state index in [1.165, 1.54) is 0 Å². The molecule has 0 aliphatic rings. The fraction of sp³-hybridized carbons (Fsp3) is 0.600. The Morgan fingerprint density at radius 3 is 2.31 bits per heavy atom. The van der Waals surface area contributed by atoms with E-state index in [-0.39, 0.29) is 35.8 Å². The molecule has 0 bridgehead atoms. The van der Waals surface area contributed by atoms with Crippen LogP contribution in [0, 0.1) is 0 Å². The van der Waals surface area contributed by atoms with Crippen LogP contribution in [0.1, 0.15) is 6.42 Å². The molecular weight excluding hydrogens is 210 g/mol. The summed E-state index contributed by atoms with van der Waals surface area (Å²) < 4.78 is 14.7. The molecule has 0 amide bonds. The number of esters is 1. The molecule has 1 unspecified atom stereocenters. The molecule has 0 aliphatic carbocycles. The average molecular weight is 220 g/mol. The first-order valence-corrected chi connectivity index (χ1v) is 4.68. The van der Waals surface area contributed by atoms with Crippen LogP contribution in [-0.4, -0.2) is 64.4 Å². The van der Waals surface area contributed by atoms with E-state index in [2.05, 4.69) is 4.74 Å². The standard InChI is InChI=1S/C5H9O6P.Na.H/c1-11-5(7)4(2-3-6)12(8,9)10;;/h3-4H,2H2,1H3,(H2,8,9,10);;. The van der Waals surface area contributed by atoms with Gasteiger partial charge in [0.15, 0.2) is 5.66 Å². The Balaban J connectivity index is 0. The first kappa shape index (κ1) is 15.7. The molecule has 1 atom stereocenters. The molecule has 0 spiro atoms. The van der Waals surface area contributed by atoms with E-state index in [1.807, 2.05) is 0 Å². The molecule has 6 nitrogen and oxygen atoms in total. The number of carbonyl (C=O) groups is 2. The number of carbonyl (C=O) groups excluding carboxylic acids is 2. The van der Waals surface area contributed by atoms with Crippen molar-refractivity contribution in [2.24, 2.45) is 0 Å². The second-order valence-corrected chi connectivity index (χ2v) is 3.83. The summed E-state index contributed by atoms with van der Waals surface area (Å²) in [6, 6.07) is 0. The van der Waals surface area contributed by atoms with Gasteiger partial charge in [0.05, 0.1) is 7.11 Å². The molecule has 0 fully saturated rings. The van der Waals surface area contributed by atoms with Crippen LogP contribution in [-0.2, 0) is 18.9 Å². The number of methoxy groups -OCH3 is 1. The third-order valence-corrected chi connectivity index (χ3v) is 2.43.